The van der Waals surface area contributed by atoms with Gasteiger partial charge in [0.05, 0.1) is 158 Å². The number of nitrogens with zero attached hydrogens (tertiary/aromatic N) is 5. The summed E-state index contributed by atoms with van der Waals surface area (Å²) in [4.78, 5) is 128. The third-order valence-electron chi connectivity index (χ3n) is 18.1. The summed E-state index contributed by atoms with van der Waals surface area (Å²) in [6, 6.07) is 9.60. The van der Waals surface area contributed by atoms with E-state index in [4.69, 9.17) is 61.6 Å². The van der Waals surface area contributed by atoms with E-state index in [2.05, 4.69) is 26.3 Å². The Hall–Kier alpha value is -8.39. The molecule has 9 amide bonds. The molecule has 2 unspecified atom stereocenters. The lowest BCUT2D eigenvalue weighted by Crippen LogP contribution is -2.53. The number of hydrogen-bond acceptors (Lipinski definition) is 24. The first kappa shape index (κ1) is 85.2. The van der Waals surface area contributed by atoms with Crippen LogP contribution in [0.15, 0.2) is 77.1 Å². The van der Waals surface area contributed by atoms with E-state index in [-0.39, 0.29) is 128 Å². The number of methoxy groups -OCH3 is 2. The second-order valence-electron chi connectivity index (χ2n) is 26.8. The second kappa shape index (κ2) is 42.5. The van der Waals surface area contributed by atoms with E-state index in [0.717, 1.165) is 20.9 Å². The molecule has 0 aromatic heterocycles. The number of aliphatic hydroxyl groups is 1. The molecule has 0 aliphatic carbocycles. The van der Waals surface area contributed by atoms with Gasteiger partial charge in [-0.1, -0.05) is 66.6 Å². The normalized spacial score (nSPS) is 18.4. The van der Waals surface area contributed by atoms with Crippen molar-refractivity contribution in [2.45, 2.75) is 134 Å². The summed E-state index contributed by atoms with van der Waals surface area (Å²) in [5.74, 6) is -2.37. The molecule has 5 N–H and O–H groups in total. The van der Waals surface area contributed by atoms with Crippen molar-refractivity contribution < 1.29 is 110 Å². The summed E-state index contributed by atoms with van der Waals surface area (Å²) < 4.78 is 74.3. The molecule has 5 aliphatic heterocycles. The fraction of sp³-hybridized carbons (Fsp3) is 0.573. The Bertz CT molecular complexity index is 3690. The highest BCUT2D eigenvalue weighted by Gasteiger charge is 2.46. The van der Waals surface area contributed by atoms with Crippen LogP contribution >= 0.6 is 22.6 Å². The van der Waals surface area contributed by atoms with Gasteiger partial charge in [-0.15, -0.1) is 0 Å². The Morgan fingerprint density at radius 2 is 1.20 bits per heavy atom. The average Bonchev–Trinajstić information content (AvgIpc) is 1.60. The maximum Gasteiger partial charge on any atom is 0.416 e. The van der Waals surface area contributed by atoms with Crippen molar-refractivity contribution in [2.24, 2.45) is 10.9 Å². The number of anilines is 2. The molecular formula is C75H102IN9O23. The van der Waals surface area contributed by atoms with Crippen molar-refractivity contribution in [1.82, 2.24) is 30.7 Å². The molecule has 8 rings (SSSR count). The van der Waals surface area contributed by atoms with Gasteiger partial charge in [-0.25, -0.2) is 9.69 Å². The molecule has 3 aromatic carbocycles. The number of benzene rings is 3. The number of carbonyl (C=O) groups is 9. The van der Waals surface area contributed by atoms with Gasteiger partial charge in [0.2, 0.25) is 35.4 Å². The van der Waals surface area contributed by atoms with Gasteiger partial charge in [-0.2, -0.15) is 0 Å². The summed E-state index contributed by atoms with van der Waals surface area (Å²) in [7, 11) is 2.90. The molecule has 7 atom stereocenters. The third-order valence-corrected chi connectivity index (χ3v) is 19.0. The number of aliphatic hydroxyl groups excluding tert-OH is 1. The summed E-state index contributed by atoms with van der Waals surface area (Å²) in [5, 5.41) is 23.0. The summed E-state index contributed by atoms with van der Waals surface area (Å²) >= 11 is 1.93. The lowest BCUT2D eigenvalue weighted by atomic mass is 10.0. The van der Waals surface area contributed by atoms with Crippen molar-refractivity contribution in [2.75, 3.05) is 150 Å². The molecule has 0 bridgehead atoms. The lowest BCUT2D eigenvalue weighted by molar-refractivity contribution is -0.138. The zero-order chi connectivity index (χ0) is 77.9. The number of amides is 9. The van der Waals surface area contributed by atoms with Crippen LogP contribution in [0, 0.1) is 5.92 Å². The van der Waals surface area contributed by atoms with E-state index < -0.39 is 59.7 Å². The Labute approximate surface area is 642 Å². The number of likely N-dealkylation sites (tertiary alicyclic amines) is 1. The Morgan fingerprint density at radius 1 is 0.648 bits per heavy atom. The molecule has 5 aliphatic rings. The van der Waals surface area contributed by atoms with E-state index in [1.807, 2.05) is 56.5 Å². The molecule has 0 saturated carbocycles. The maximum atomic E-state index is 14.4. The zero-order valence-corrected chi connectivity index (χ0v) is 65.0. The number of nitrogens with one attached hydrogen (secondary N) is 4. The molecule has 5 heterocycles. The van der Waals surface area contributed by atoms with E-state index in [1.165, 1.54) is 38.2 Å². The monoisotopic (exact) mass is 1620 g/mol. The molecule has 0 radical (unpaired) electrons. The second-order valence-corrected chi connectivity index (χ2v) is 28.3. The summed E-state index contributed by atoms with van der Waals surface area (Å²) in [6.07, 6.45) is 4.26. The lowest BCUT2D eigenvalue weighted by Gasteiger charge is -2.32. The van der Waals surface area contributed by atoms with Gasteiger partial charge < -0.3 is 97.8 Å². The SMILES string of the molecule is CCC(C)(COc1cc2c(cc1OC)C(=O)N1C=C(C)C[C@H]1[C@H](O)N2C(=O)OCc1ccc(NC(=O)[C@H](C)NC(=O)[C@@H](NC(=O)CCOCCOCCOCCOCCOCCOCCOCCOCCNC(=O)CCN2C(=O)CC(I)C2=O)C(C)C)cc1)Oc1cc2c(cc1OC)C(=O)N1C=C(C)C[C@H]1C=N2. The van der Waals surface area contributed by atoms with E-state index >= 15 is 0 Å². The maximum absolute atomic E-state index is 14.4. The highest BCUT2D eigenvalue weighted by molar-refractivity contribution is 14.1. The number of halogens is 1. The number of aliphatic imine (C=N–C) groups is 1. The first-order valence-corrected chi connectivity index (χ1v) is 37.5. The molecule has 1 fully saturated rings. The predicted molar refractivity (Wildman–Crippen MR) is 402 cm³/mol. The minimum Gasteiger partial charge on any atom is -0.493 e. The Balaban J connectivity index is 0.673. The van der Waals surface area contributed by atoms with E-state index in [9.17, 15) is 48.3 Å². The van der Waals surface area contributed by atoms with E-state index in [0.29, 0.717) is 139 Å². The third kappa shape index (κ3) is 24.6. The molecular weight excluding hydrogens is 1520 g/mol. The van der Waals surface area contributed by atoms with Crippen LogP contribution in [0.25, 0.3) is 0 Å². The van der Waals surface area contributed by atoms with Crippen LogP contribution in [0.3, 0.4) is 0 Å². The number of hydrogen-bond donors (Lipinski definition) is 5. The van der Waals surface area contributed by atoms with Gasteiger partial charge in [0, 0.05) is 68.8 Å². The van der Waals surface area contributed by atoms with Crippen molar-refractivity contribution in [3.63, 3.8) is 0 Å². The van der Waals surface area contributed by atoms with Gasteiger partial charge >= 0.3 is 6.09 Å². The number of carbonyl (C=O) groups excluding carboxylic acids is 9. The van der Waals surface area contributed by atoms with Gasteiger partial charge in [-0.05, 0) is 82.7 Å². The minimum absolute atomic E-state index is 0.00188. The first-order valence-electron chi connectivity index (χ1n) is 36.2. The average molecular weight is 1620 g/mol. The van der Waals surface area contributed by atoms with Crippen molar-refractivity contribution >= 4 is 99.2 Å². The number of fused-ring (bicyclic) bond motifs is 4. The molecule has 1 saturated heterocycles. The smallest absolute Gasteiger partial charge is 0.416 e. The molecule has 33 heteroatoms. The molecule has 592 valence electrons. The van der Waals surface area contributed by atoms with Gasteiger partial charge in [0.1, 0.15) is 30.9 Å². The van der Waals surface area contributed by atoms with Crippen LogP contribution in [0.2, 0.25) is 0 Å². The molecule has 32 nitrogen and oxygen atoms in total. The summed E-state index contributed by atoms with van der Waals surface area (Å²) in [5.41, 5.74) is 2.53. The number of ether oxygens (including phenoxy) is 13. The first-order chi connectivity index (χ1) is 51.9. The van der Waals surface area contributed by atoms with Gasteiger partial charge in [-0.3, -0.25) is 48.2 Å². The molecule has 3 aromatic rings. The quantitative estimate of drug-likeness (QED) is 0.0189. The standard InChI is InChI=1S/C75H102IN9O23/c1-10-75(7,108-63-40-57-54(37-61(63)97-9)70(91)83-43-48(4)35-53(83)42-78-57)46-107-62-41-58-55(38-60(62)96-8)71(92)84-44-49(5)36-59(84)73(94)85(58)74(95)106-45-51-11-13-52(14-12-51)80-68(89)50(6)79-69(90)67(47(2)3)81-65(87)16-19-98-21-23-100-25-27-102-29-31-104-33-34-105-32-30-103-28-26-101-24-22-99-20-17-77-64(86)15-18-82-66(88)39-56(76)72(82)93/h11-14,37-38,40-44,47,50,53,56,59,67,73,94H,10,15-36,39,45-46H2,1-9H3,(H,77,86)(H,79,90)(H,80,89)(H,81,87)/t50-,53-,56?,59-,67-,73-,75?/m0/s1. The van der Waals surface area contributed by atoms with Crippen LogP contribution in [-0.2, 0) is 78.0 Å². The largest absolute Gasteiger partial charge is 0.493 e. The topological polar surface area (TPSA) is 367 Å². The van der Waals surface area contributed by atoms with Crippen LogP contribution in [0.1, 0.15) is 113 Å². The Morgan fingerprint density at radius 3 is 1.78 bits per heavy atom. The van der Waals surface area contributed by atoms with Gasteiger partial charge in [0.25, 0.3) is 11.8 Å². The predicted octanol–water partition coefficient (Wildman–Crippen LogP) is 5.93. The van der Waals surface area contributed by atoms with Gasteiger partial charge in [0.15, 0.2) is 29.2 Å². The number of rotatable bonds is 46. The fourth-order valence-electron chi connectivity index (χ4n) is 11.9. The van der Waals surface area contributed by atoms with Crippen molar-refractivity contribution in [3.05, 3.63) is 88.8 Å². The van der Waals surface area contributed by atoms with Crippen LogP contribution in [-0.4, -0.2) is 259 Å². The van der Waals surface area contributed by atoms with Crippen molar-refractivity contribution in [3.8, 4) is 23.0 Å². The summed E-state index contributed by atoms with van der Waals surface area (Å²) in [6.45, 7) is 18.0. The van der Waals surface area contributed by atoms with Crippen LogP contribution < -0.4 is 45.1 Å². The minimum atomic E-state index is -1.58. The fourth-order valence-corrected chi connectivity index (χ4v) is 12.6. The number of alkyl halides is 1. The highest BCUT2D eigenvalue weighted by Crippen LogP contribution is 2.44. The molecule has 0 spiro atoms. The van der Waals surface area contributed by atoms with E-state index in [1.54, 1.807) is 67.6 Å². The number of imide groups is 1. The van der Waals surface area contributed by atoms with Crippen molar-refractivity contribution in [1.29, 1.82) is 0 Å². The van der Waals surface area contributed by atoms with Crippen LogP contribution in [0.5, 0.6) is 23.0 Å². The highest BCUT2D eigenvalue weighted by atomic mass is 127. The molecule has 108 heavy (non-hydrogen) atoms. The van der Waals surface area contributed by atoms with Crippen LogP contribution in [0.4, 0.5) is 21.9 Å². The Kier molecular flexibility index (Phi) is 33.6. The zero-order valence-electron chi connectivity index (χ0n) is 62.8.